The van der Waals surface area contributed by atoms with E-state index in [0.717, 1.165) is 9.80 Å². The highest BCUT2D eigenvalue weighted by atomic mass is 16.2. The van der Waals surface area contributed by atoms with Crippen LogP contribution < -0.4 is 0 Å². The van der Waals surface area contributed by atoms with Gasteiger partial charge in [-0.05, 0) is 19.8 Å². The minimum atomic E-state index is -1.23. The second-order valence-electron chi connectivity index (χ2n) is 4.36. The van der Waals surface area contributed by atoms with Crippen molar-refractivity contribution in [3.63, 3.8) is 0 Å². The lowest BCUT2D eigenvalue weighted by Crippen LogP contribution is -2.62. The summed E-state index contributed by atoms with van der Waals surface area (Å²) < 4.78 is 0. The lowest BCUT2D eigenvalue weighted by atomic mass is 9.77. The fourth-order valence-electron chi connectivity index (χ4n) is 2.13. The van der Waals surface area contributed by atoms with E-state index < -0.39 is 23.3 Å². The van der Waals surface area contributed by atoms with Crippen LogP contribution in [0.15, 0.2) is 24.8 Å². The Labute approximate surface area is 107 Å². The monoisotopic (exact) mass is 250 g/mol. The predicted molar refractivity (Wildman–Crippen MR) is 67.6 cm³/mol. The van der Waals surface area contributed by atoms with Crippen molar-refractivity contribution in [2.45, 2.75) is 19.8 Å². The van der Waals surface area contributed by atoms with Crippen molar-refractivity contribution in [1.82, 2.24) is 9.80 Å². The standard InChI is InChI=1S/C13H18N2O3/c1-5-7-9-13(8-6-2)10(16)14(3)12(18)15(4)11(13)17/h5-7H,2,8-9H2,1,3-4H3/b7-5+. The Bertz CT molecular complexity index is 402. The Morgan fingerprint density at radius 1 is 1.11 bits per heavy atom. The number of carbonyl (C=O) groups excluding carboxylic acids is 3. The number of hydrogen-bond acceptors (Lipinski definition) is 3. The molecule has 4 amide bonds. The van der Waals surface area contributed by atoms with Crippen LogP contribution in [0.3, 0.4) is 0 Å². The van der Waals surface area contributed by atoms with Crippen LogP contribution in [-0.4, -0.2) is 41.7 Å². The largest absolute Gasteiger partial charge is 0.332 e. The van der Waals surface area contributed by atoms with E-state index in [-0.39, 0.29) is 12.8 Å². The maximum absolute atomic E-state index is 12.3. The molecule has 5 nitrogen and oxygen atoms in total. The van der Waals surface area contributed by atoms with Crippen molar-refractivity contribution >= 4 is 17.8 Å². The third kappa shape index (κ3) is 1.96. The zero-order valence-corrected chi connectivity index (χ0v) is 11.0. The first-order chi connectivity index (χ1) is 8.42. The van der Waals surface area contributed by atoms with E-state index >= 15 is 0 Å². The van der Waals surface area contributed by atoms with Gasteiger partial charge in [-0.25, -0.2) is 4.79 Å². The lowest BCUT2D eigenvalue weighted by Gasteiger charge is -2.40. The van der Waals surface area contributed by atoms with Gasteiger partial charge >= 0.3 is 6.03 Å². The molecular formula is C13H18N2O3. The minimum Gasteiger partial charge on any atom is -0.273 e. The third-order valence-corrected chi connectivity index (χ3v) is 3.20. The number of amides is 4. The second-order valence-corrected chi connectivity index (χ2v) is 4.36. The van der Waals surface area contributed by atoms with Gasteiger partial charge in [-0.1, -0.05) is 18.2 Å². The van der Waals surface area contributed by atoms with Gasteiger partial charge in [0.05, 0.1) is 0 Å². The molecular weight excluding hydrogens is 232 g/mol. The summed E-state index contributed by atoms with van der Waals surface area (Å²) in [6.45, 7) is 5.41. The predicted octanol–water partition coefficient (Wildman–Crippen LogP) is 1.57. The number of allylic oxidation sites excluding steroid dienone is 3. The SMILES string of the molecule is C=CCC1(C/C=C/C)C(=O)N(C)C(=O)N(C)C1=O. The van der Waals surface area contributed by atoms with Crippen molar-refractivity contribution in [3.8, 4) is 0 Å². The van der Waals surface area contributed by atoms with E-state index in [1.807, 2.05) is 6.92 Å². The Balaban J connectivity index is 3.27. The van der Waals surface area contributed by atoms with E-state index in [1.54, 1.807) is 12.2 Å². The molecule has 0 spiro atoms. The molecule has 0 aliphatic carbocycles. The second kappa shape index (κ2) is 5.16. The number of nitrogens with zero attached hydrogens (tertiary/aromatic N) is 2. The molecule has 1 heterocycles. The van der Waals surface area contributed by atoms with Crippen LogP contribution in [0.2, 0.25) is 0 Å². The number of carbonyl (C=O) groups is 3. The molecule has 18 heavy (non-hydrogen) atoms. The molecule has 0 saturated carbocycles. The third-order valence-electron chi connectivity index (χ3n) is 3.20. The van der Waals surface area contributed by atoms with Crippen LogP contribution in [0.25, 0.3) is 0 Å². The van der Waals surface area contributed by atoms with E-state index in [0.29, 0.717) is 0 Å². The van der Waals surface area contributed by atoms with Gasteiger partial charge in [0, 0.05) is 14.1 Å². The highest BCUT2D eigenvalue weighted by molar-refractivity contribution is 6.18. The van der Waals surface area contributed by atoms with Crippen LogP contribution >= 0.6 is 0 Å². The molecule has 0 aromatic carbocycles. The number of hydrogen-bond donors (Lipinski definition) is 0. The molecule has 98 valence electrons. The van der Waals surface area contributed by atoms with Gasteiger partial charge in [-0.15, -0.1) is 6.58 Å². The van der Waals surface area contributed by atoms with E-state index in [4.69, 9.17) is 0 Å². The molecule has 1 aliphatic heterocycles. The van der Waals surface area contributed by atoms with Gasteiger partial charge in [-0.2, -0.15) is 0 Å². The van der Waals surface area contributed by atoms with Crippen molar-refractivity contribution in [2.75, 3.05) is 14.1 Å². The molecule has 0 N–H and O–H groups in total. The normalized spacial score (nSPS) is 19.8. The zero-order valence-electron chi connectivity index (χ0n) is 11.0. The highest BCUT2D eigenvalue weighted by Gasteiger charge is 2.53. The molecule has 0 aromatic heterocycles. The van der Waals surface area contributed by atoms with E-state index in [2.05, 4.69) is 6.58 Å². The average Bonchev–Trinajstić information content (AvgIpc) is 2.38. The summed E-state index contributed by atoms with van der Waals surface area (Å²) >= 11 is 0. The molecule has 0 atom stereocenters. The number of barbiturate groups is 1. The first-order valence-corrected chi connectivity index (χ1v) is 5.74. The molecule has 1 fully saturated rings. The summed E-state index contributed by atoms with van der Waals surface area (Å²) in [7, 11) is 2.78. The van der Waals surface area contributed by atoms with Gasteiger partial charge in [0.15, 0.2) is 0 Å². The van der Waals surface area contributed by atoms with Crippen LogP contribution in [0.5, 0.6) is 0 Å². The Kier molecular flexibility index (Phi) is 4.06. The molecule has 0 bridgehead atoms. The first kappa shape index (κ1) is 14.2. The topological polar surface area (TPSA) is 57.7 Å². The van der Waals surface area contributed by atoms with E-state index in [1.165, 1.54) is 20.2 Å². The van der Waals surface area contributed by atoms with Crippen molar-refractivity contribution in [1.29, 1.82) is 0 Å². The minimum absolute atomic E-state index is 0.219. The number of rotatable bonds is 4. The van der Waals surface area contributed by atoms with Gasteiger partial charge in [0.1, 0.15) is 5.41 Å². The highest BCUT2D eigenvalue weighted by Crippen LogP contribution is 2.36. The first-order valence-electron chi connectivity index (χ1n) is 5.74. The smallest absolute Gasteiger partial charge is 0.273 e. The molecule has 1 aliphatic rings. The fraction of sp³-hybridized carbons (Fsp3) is 0.462. The van der Waals surface area contributed by atoms with Crippen molar-refractivity contribution in [2.24, 2.45) is 5.41 Å². The number of urea groups is 1. The summed E-state index contributed by atoms with van der Waals surface area (Å²) in [6.07, 6.45) is 5.57. The molecule has 0 radical (unpaired) electrons. The number of imide groups is 2. The summed E-state index contributed by atoms with van der Waals surface area (Å²) in [5.41, 5.74) is -1.23. The Morgan fingerprint density at radius 2 is 1.61 bits per heavy atom. The van der Waals surface area contributed by atoms with Crippen LogP contribution in [0, 0.1) is 5.41 Å². The molecule has 5 heteroatoms. The summed E-state index contributed by atoms with van der Waals surface area (Å²) in [5, 5.41) is 0. The van der Waals surface area contributed by atoms with Gasteiger partial charge in [0.25, 0.3) is 0 Å². The maximum Gasteiger partial charge on any atom is 0.332 e. The van der Waals surface area contributed by atoms with Crippen LogP contribution in [0.1, 0.15) is 19.8 Å². The van der Waals surface area contributed by atoms with Gasteiger partial charge in [-0.3, -0.25) is 19.4 Å². The molecule has 1 rings (SSSR count). The van der Waals surface area contributed by atoms with E-state index in [9.17, 15) is 14.4 Å². The molecule has 0 aromatic rings. The van der Waals surface area contributed by atoms with Gasteiger partial charge in [0.2, 0.25) is 11.8 Å². The van der Waals surface area contributed by atoms with Crippen molar-refractivity contribution < 1.29 is 14.4 Å². The van der Waals surface area contributed by atoms with Crippen molar-refractivity contribution in [3.05, 3.63) is 24.8 Å². The lowest BCUT2D eigenvalue weighted by molar-refractivity contribution is -0.156. The summed E-state index contributed by atoms with van der Waals surface area (Å²) in [5.74, 6) is -0.929. The zero-order chi connectivity index (χ0) is 13.9. The maximum atomic E-state index is 12.3. The van der Waals surface area contributed by atoms with Crippen LogP contribution in [-0.2, 0) is 9.59 Å². The summed E-state index contributed by atoms with van der Waals surface area (Å²) in [6, 6.07) is -0.592. The van der Waals surface area contributed by atoms with Crippen LogP contribution in [0.4, 0.5) is 4.79 Å². The quantitative estimate of drug-likeness (QED) is 0.562. The Morgan fingerprint density at radius 3 is 2.00 bits per heavy atom. The Hall–Kier alpha value is -1.91. The summed E-state index contributed by atoms with van der Waals surface area (Å²) in [4.78, 5) is 38.2. The van der Waals surface area contributed by atoms with Gasteiger partial charge < -0.3 is 0 Å². The molecule has 1 saturated heterocycles. The average molecular weight is 250 g/mol. The molecule has 0 unspecified atom stereocenters. The fourth-order valence-corrected chi connectivity index (χ4v) is 2.13.